The Kier molecular flexibility index (Phi) is 14.1. The lowest BCUT2D eigenvalue weighted by Gasteiger charge is -2.26. The number of Topliss-reactive ketones (excluding diaryl/α,β-unsaturated/α-hetero) is 1. The van der Waals surface area contributed by atoms with Crippen molar-refractivity contribution in [3.8, 4) is 0 Å². The molecule has 10 nitrogen and oxygen atoms in total. The smallest absolute Gasteiger partial charge is 0.374 e. The van der Waals surface area contributed by atoms with Crippen LogP contribution in [0.3, 0.4) is 0 Å². The quantitative estimate of drug-likeness (QED) is 0.173. The van der Waals surface area contributed by atoms with Gasteiger partial charge in [-0.25, -0.2) is 13.6 Å². The van der Waals surface area contributed by atoms with Crippen LogP contribution in [0.4, 0.5) is 8.78 Å². The van der Waals surface area contributed by atoms with Crippen LogP contribution in [0.1, 0.15) is 58.9 Å². The van der Waals surface area contributed by atoms with Gasteiger partial charge in [-0.05, 0) is 24.3 Å². The summed E-state index contributed by atoms with van der Waals surface area (Å²) >= 11 is 0. The number of halogens is 2. The van der Waals surface area contributed by atoms with Crippen LogP contribution in [-0.4, -0.2) is 65.2 Å². The molecule has 0 radical (unpaired) electrons. The van der Waals surface area contributed by atoms with Gasteiger partial charge in [0, 0.05) is 18.9 Å². The van der Waals surface area contributed by atoms with Crippen molar-refractivity contribution in [3.63, 3.8) is 0 Å². The van der Waals surface area contributed by atoms with Crippen molar-refractivity contribution in [3.05, 3.63) is 35.9 Å². The highest BCUT2D eigenvalue weighted by atomic mass is 19.3. The van der Waals surface area contributed by atoms with Crippen LogP contribution in [-0.2, 0) is 35.3 Å². The maximum atomic E-state index is 13.1. The molecule has 212 valence electrons. The first-order valence-corrected chi connectivity index (χ1v) is 12.4. The van der Waals surface area contributed by atoms with E-state index in [9.17, 15) is 32.8 Å². The Balaban J connectivity index is 2.89. The van der Waals surface area contributed by atoms with Crippen LogP contribution in [0.2, 0.25) is 0 Å². The van der Waals surface area contributed by atoms with Crippen LogP contribution in [0.5, 0.6) is 0 Å². The monoisotopic (exact) mass is 541 g/mol. The fourth-order valence-electron chi connectivity index (χ4n) is 3.57. The second-order valence-electron chi connectivity index (χ2n) is 9.61. The molecule has 38 heavy (non-hydrogen) atoms. The van der Waals surface area contributed by atoms with Crippen molar-refractivity contribution in [1.29, 1.82) is 0 Å². The maximum Gasteiger partial charge on any atom is 0.374 e. The molecule has 4 N–H and O–H groups in total. The van der Waals surface area contributed by atoms with E-state index in [1.54, 1.807) is 39.8 Å². The molecule has 0 aliphatic heterocycles. The summed E-state index contributed by atoms with van der Waals surface area (Å²) in [5.41, 5.74) is 0.810. The maximum absolute atomic E-state index is 13.1. The Morgan fingerprint density at radius 1 is 0.868 bits per heavy atom. The Morgan fingerprint density at radius 2 is 1.45 bits per heavy atom. The first-order valence-electron chi connectivity index (χ1n) is 12.4. The summed E-state index contributed by atoms with van der Waals surface area (Å²) < 4.78 is 31.0. The van der Waals surface area contributed by atoms with E-state index in [4.69, 9.17) is 9.84 Å². The topological polar surface area (TPSA) is 151 Å². The summed E-state index contributed by atoms with van der Waals surface area (Å²) in [5.74, 6) is -5.76. The third-order valence-corrected chi connectivity index (χ3v) is 5.33. The van der Waals surface area contributed by atoms with Gasteiger partial charge >= 0.3 is 11.9 Å². The number of carbonyl (C=O) groups excluding carboxylic acids is 4. The van der Waals surface area contributed by atoms with Crippen molar-refractivity contribution >= 4 is 29.5 Å². The lowest BCUT2D eigenvalue weighted by atomic mass is 10.0. The van der Waals surface area contributed by atoms with Crippen molar-refractivity contribution < 1.29 is 42.6 Å². The number of ketones is 1. The average molecular weight is 542 g/mol. The number of esters is 1. The van der Waals surface area contributed by atoms with Crippen molar-refractivity contribution in [2.75, 3.05) is 0 Å². The molecule has 0 fully saturated rings. The second kappa shape index (κ2) is 16.4. The first-order chi connectivity index (χ1) is 17.8. The number of alkyl halides is 2. The number of rotatable bonds is 17. The van der Waals surface area contributed by atoms with Gasteiger partial charge in [-0.3, -0.25) is 19.2 Å². The summed E-state index contributed by atoms with van der Waals surface area (Å²) in [6.07, 6.45) is -4.16. The molecule has 0 spiro atoms. The number of ether oxygens (including phenoxy) is 1. The van der Waals surface area contributed by atoms with Gasteiger partial charge in [-0.2, -0.15) is 0 Å². The van der Waals surface area contributed by atoms with E-state index in [0.717, 1.165) is 5.56 Å². The zero-order valence-electron chi connectivity index (χ0n) is 22.0. The van der Waals surface area contributed by atoms with E-state index in [1.165, 1.54) is 0 Å². The molecule has 1 aromatic carbocycles. The molecule has 0 aliphatic rings. The number of carboxylic acids is 1. The molecule has 1 unspecified atom stereocenters. The minimum absolute atomic E-state index is 0.0547. The predicted molar refractivity (Wildman–Crippen MR) is 134 cm³/mol. The SMILES string of the molecule is CC(C)C[C@H](NC(=O)[C@H](CCC(=O)OCc1ccccc1)NC(C)C)C(=O)NC(CC(F)F)C(=O)C(=O)O. The second-order valence-corrected chi connectivity index (χ2v) is 9.61. The van der Waals surface area contributed by atoms with E-state index in [0.29, 0.717) is 0 Å². The molecule has 0 saturated carbocycles. The van der Waals surface area contributed by atoms with E-state index in [-0.39, 0.29) is 37.8 Å². The molecule has 0 saturated heterocycles. The highest BCUT2D eigenvalue weighted by Crippen LogP contribution is 2.11. The third kappa shape index (κ3) is 12.7. The molecule has 0 bridgehead atoms. The Bertz CT molecular complexity index is 942. The zero-order valence-corrected chi connectivity index (χ0v) is 22.0. The number of carbonyl (C=O) groups is 5. The number of carboxylic acid groups (broad SMARTS) is 1. The predicted octanol–water partition coefficient (Wildman–Crippen LogP) is 2.20. The number of amides is 2. The summed E-state index contributed by atoms with van der Waals surface area (Å²) in [4.78, 5) is 61.0. The van der Waals surface area contributed by atoms with Gasteiger partial charge in [0.1, 0.15) is 18.7 Å². The van der Waals surface area contributed by atoms with Crippen molar-refractivity contribution in [1.82, 2.24) is 16.0 Å². The number of hydrogen-bond acceptors (Lipinski definition) is 7. The van der Waals surface area contributed by atoms with Crippen LogP contribution in [0, 0.1) is 5.92 Å². The van der Waals surface area contributed by atoms with Gasteiger partial charge in [0.05, 0.1) is 6.04 Å². The van der Waals surface area contributed by atoms with Gasteiger partial charge in [-0.1, -0.05) is 58.0 Å². The van der Waals surface area contributed by atoms with Crippen LogP contribution >= 0.6 is 0 Å². The van der Waals surface area contributed by atoms with Gasteiger partial charge in [0.15, 0.2) is 0 Å². The molecular formula is C26H37F2N3O7. The van der Waals surface area contributed by atoms with E-state index < -0.39 is 60.5 Å². The Labute approximate surface area is 220 Å². The minimum atomic E-state index is -3.04. The number of aliphatic carboxylic acids is 1. The van der Waals surface area contributed by atoms with Crippen LogP contribution in [0.25, 0.3) is 0 Å². The molecule has 3 atom stereocenters. The number of benzene rings is 1. The number of nitrogens with one attached hydrogen (secondary N) is 3. The largest absolute Gasteiger partial charge is 0.475 e. The lowest BCUT2D eigenvalue weighted by Crippen LogP contribution is -2.56. The third-order valence-electron chi connectivity index (χ3n) is 5.33. The highest BCUT2D eigenvalue weighted by Gasteiger charge is 2.33. The van der Waals surface area contributed by atoms with Gasteiger partial charge in [-0.15, -0.1) is 0 Å². The molecule has 0 heterocycles. The molecular weight excluding hydrogens is 504 g/mol. The summed E-state index contributed by atoms with van der Waals surface area (Å²) in [6, 6.07) is 4.84. The summed E-state index contributed by atoms with van der Waals surface area (Å²) in [5, 5.41) is 16.5. The van der Waals surface area contributed by atoms with Crippen LogP contribution < -0.4 is 16.0 Å². The van der Waals surface area contributed by atoms with Gasteiger partial charge < -0.3 is 25.8 Å². The van der Waals surface area contributed by atoms with Gasteiger partial charge in [0.2, 0.25) is 18.2 Å². The first kappa shape index (κ1) is 32.6. The Morgan fingerprint density at radius 3 is 1.97 bits per heavy atom. The molecule has 1 rings (SSSR count). The number of hydrogen-bond donors (Lipinski definition) is 4. The molecule has 2 amide bonds. The van der Waals surface area contributed by atoms with E-state index in [1.807, 2.05) is 23.5 Å². The molecule has 0 aliphatic carbocycles. The fourth-order valence-corrected chi connectivity index (χ4v) is 3.57. The normalized spacial score (nSPS) is 13.6. The van der Waals surface area contributed by atoms with Crippen molar-refractivity contribution in [2.45, 2.75) is 90.6 Å². The van der Waals surface area contributed by atoms with E-state index in [2.05, 4.69) is 10.6 Å². The molecule has 1 aromatic rings. The lowest BCUT2D eigenvalue weighted by molar-refractivity contribution is -0.151. The Hall–Kier alpha value is -3.41. The highest BCUT2D eigenvalue weighted by molar-refractivity contribution is 6.35. The average Bonchev–Trinajstić information content (AvgIpc) is 2.83. The molecule has 0 aromatic heterocycles. The van der Waals surface area contributed by atoms with Crippen molar-refractivity contribution in [2.24, 2.45) is 5.92 Å². The molecule has 12 heteroatoms. The minimum Gasteiger partial charge on any atom is -0.475 e. The summed E-state index contributed by atoms with van der Waals surface area (Å²) in [7, 11) is 0. The van der Waals surface area contributed by atoms with E-state index >= 15 is 0 Å². The summed E-state index contributed by atoms with van der Waals surface area (Å²) in [6.45, 7) is 7.19. The fraction of sp³-hybridized carbons (Fsp3) is 0.577. The standard InChI is InChI=1S/C26H37F2N3O7/c1-15(2)12-20(25(35)30-19(13-21(27)28)23(33)26(36)37)31-24(34)18(29-16(3)4)10-11-22(32)38-14-17-8-6-5-7-9-17/h5-9,15-16,18-21,29H,10-14H2,1-4H3,(H,30,35)(H,31,34)(H,36,37)/t18-,19?,20-/m0/s1. The van der Waals surface area contributed by atoms with Crippen LogP contribution in [0.15, 0.2) is 30.3 Å². The zero-order chi connectivity index (χ0) is 28.8. The van der Waals surface area contributed by atoms with Gasteiger partial charge in [0.25, 0.3) is 5.78 Å².